The lowest BCUT2D eigenvalue weighted by Gasteiger charge is -2.14. The van der Waals surface area contributed by atoms with Gasteiger partial charge in [0.05, 0.1) is 0 Å². The molecular formula is C22H38. The molecule has 2 atom stereocenters. The van der Waals surface area contributed by atoms with Gasteiger partial charge in [-0.15, -0.1) is 12.3 Å². The fourth-order valence-corrected chi connectivity index (χ4v) is 2.82. The highest BCUT2D eigenvalue weighted by molar-refractivity contribution is 5.04. The molecule has 0 aromatic carbocycles. The van der Waals surface area contributed by atoms with E-state index in [-0.39, 0.29) is 0 Å². The lowest BCUT2D eigenvalue weighted by Crippen LogP contribution is -1.99. The summed E-state index contributed by atoms with van der Waals surface area (Å²) in [6.07, 6.45) is 21.3. The van der Waals surface area contributed by atoms with Gasteiger partial charge in [0.15, 0.2) is 0 Å². The van der Waals surface area contributed by atoms with Crippen LogP contribution in [0.25, 0.3) is 0 Å². The molecule has 0 aromatic rings. The molecule has 0 radical (unpaired) electrons. The molecule has 0 fully saturated rings. The maximum Gasteiger partial charge on any atom is 0.0269 e. The van der Waals surface area contributed by atoms with Crippen LogP contribution in [0.4, 0.5) is 0 Å². The van der Waals surface area contributed by atoms with Gasteiger partial charge in [0, 0.05) is 6.42 Å². The van der Waals surface area contributed by atoms with E-state index in [4.69, 9.17) is 6.42 Å². The fourth-order valence-electron chi connectivity index (χ4n) is 2.82. The van der Waals surface area contributed by atoms with Gasteiger partial charge in [0.2, 0.25) is 0 Å². The molecule has 0 nitrogen and oxygen atoms in total. The number of hydrogen-bond donors (Lipinski definition) is 0. The summed E-state index contributed by atoms with van der Waals surface area (Å²) in [4.78, 5) is 0. The van der Waals surface area contributed by atoms with E-state index in [2.05, 4.69) is 52.7 Å². The third-order valence-corrected chi connectivity index (χ3v) is 4.44. The van der Waals surface area contributed by atoms with Crippen molar-refractivity contribution < 1.29 is 0 Å². The Bertz CT molecular complexity index is 360. The van der Waals surface area contributed by atoms with E-state index >= 15 is 0 Å². The van der Waals surface area contributed by atoms with Crippen molar-refractivity contribution in [1.29, 1.82) is 0 Å². The van der Waals surface area contributed by atoms with E-state index < -0.39 is 0 Å². The molecule has 0 heterocycles. The van der Waals surface area contributed by atoms with Crippen LogP contribution in [-0.4, -0.2) is 0 Å². The Labute approximate surface area is 140 Å². The van der Waals surface area contributed by atoms with Gasteiger partial charge in [-0.2, -0.15) is 0 Å². The zero-order valence-corrected chi connectivity index (χ0v) is 15.8. The van der Waals surface area contributed by atoms with Crippen LogP contribution < -0.4 is 0 Å². The van der Waals surface area contributed by atoms with E-state index in [0.29, 0.717) is 0 Å². The Kier molecular flexibility index (Phi) is 13.1. The molecular weight excluding hydrogens is 264 g/mol. The molecule has 126 valence electrons. The van der Waals surface area contributed by atoms with Crippen molar-refractivity contribution in [2.45, 2.75) is 92.4 Å². The molecule has 0 rings (SSSR count). The molecule has 0 bridgehead atoms. The standard InChI is InChI=1S/C22H38/c1-7-8-13-20(4)15-10-17-22(6)18-11-16-21(5)14-9-12-19(2)3/h1,12-13,21-22H,8-11,14-18H2,2-6H3/b20-13+. The van der Waals surface area contributed by atoms with Gasteiger partial charge in [-0.1, -0.05) is 62.8 Å². The first kappa shape index (κ1) is 21.0. The minimum absolute atomic E-state index is 0.784. The van der Waals surface area contributed by atoms with E-state index in [1.54, 1.807) is 0 Å². The second-order valence-electron chi connectivity index (χ2n) is 7.35. The largest absolute Gasteiger partial charge is 0.120 e. The highest BCUT2D eigenvalue weighted by atomic mass is 14.1. The molecule has 0 aliphatic carbocycles. The average Bonchev–Trinajstić information content (AvgIpc) is 2.44. The minimum Gasteiger partial charge on any atom is -0.120 e. The van der Waals surface area contributed by atoms with Crippen molar-refractivity contribution in [2.24, 2.45) is 11.8 Å². The van der Waals surface area contributed by atoms with Gasteiger partial charge in [0.25, 0.3) is 0 Å². The summed E-state index contributed by atoms with van der Waals surface area (Å²) < 4.78 is 0. The van der Waals surface area contributed by atoms with E-state index in [1.807, 2.05) is 0 Å². The van der Waals surface area contributed by atoms with Crippen LogP contribution in [0.1, 0.15) is 92.4 Å². The molecule has 0 saturated carbocycles. The molecule has 0 aliphatic heterocycles. The van der Waals surface area contributed by atoms with Crippen molar-refractivity contribution >= 4 is 0 Å². The summed E-state index contributed by atoms with van der Waals surface area (Å²) >= 11 is 0. The van der Waals surface area contributed by atoms with Crippen molar-refractivity contribution in [3.05, 3.63) is 23.3 Å². The first-order chi connectivity index (χ1) is 10.5. The van der Waals surface area contributed by atoms with Crippen LogP contribution in [0, 0.1) is 24.2 Å². The van der Waals surface area contributed by atoms with Gasteiger partial charge < -0.3 is 0 Å². The van der Waals surface area contributed by atoms with Crippen LogP contribution in [0.15, 0.2) is 23.3 Å². The van der Waals surface area contributed by atoms with Crippen molar-refractivity contribution in [2.75, 3.05) is 0 Å². The smallest absolute Gasteiger partial charge is 0.0269 e. The monoisotopic (exact) mass is 302 g/mol. The summed E-state index contributed by atoms with van der Waals surface area (Å²) in [5.74, 6) is 4.41. The van der Waals surface area contributed by atoms with E-state index in [9.17, 15) is 0 Å². The van der Waals surface area contributed by atoms with Crippen LogP contribution in [0.5, 0.6) is 0 Å². The van der Waals surface area contributed by atoms with Gasteiger partial charge in [-0.25, -0.2) is 0 Å². The van der Waals surface area contributed by atoms with Crippen LogP contribution in [0.2, 0.25) is 0 Å². The van der Waals surface area contributed by atoms with Crippen molar-refractivity contribution in [3.8, 4) is 12.3 Å². The highest BCUT2D eigenvalue weighted by Gasteiger charge is 2.05. The second-order valence-corrected chi connectivity index (χ2v) is 7.35. The summed E-state index contributed by atoms with van der Waals surface area (Å²) in [6, 6.07) is 0. The number of hydrogen-bond acceptors (Lipinski definition) is 0. The zero-order chi connectivity index (χ0) is 16.8. The third-order valence-electron chi connectivity index (χ3n) is 4.44. The predicted molar refractivity (Wildman–Crippen MR) is 102 cm³/mol. The maximum atomic E-state index is 5.28. The quantitative estimate of drug-likeness (QED) is 0.262. The Morgan fingerprint density at radius 1 is 0.909 bits per heavy atom. The maximum absolute atomic E-state index is 5.28. The SMILES string of the molecule is C#CC/C=C(\C)CCCC(C)CCCC(C)CCC=C(C)C. The topological polar surface area (TPSA) is 0 Å². The second kappa shape index (κ2) is 13.7. The molecule has 0 N–H and O–H groups in total. The number of terminal acetylenes is 1. The number of allylic oxidation sites excluding steroid dienone is 4. The number of rotatable bonds is 12. The van der Waals surface area contributed by atoms with Crippen LogP contribution in [-0.2, 0) is 0 Å². The summed E-state index contributed by atoms with van der Waals surface area (Å²) in [5.41, 5.74) is 2.91. The van der Waals surface area contributed by atoms with Gasteiger partial charge in [-0.3, -0.25) is 0 Å². The van der Waals surface area contributed by atoms with E-state index in [0.717, 1.165) is 18.3 Å². The minimum atomic E-state index is 0.784. The van der Waals surface area contributed by atoms with Crippen LogP contribution >= 0.6 is 0 Å². The van der Waals surface area contributed by atoms with Gasteiger partial charge >= 0.3 is 0 Å². The molecule has 0 aliphatic rings. The molecule has 2 unspecified atom stereocenters. The first-order valence-electron chi connectivity index (χ1n) is 9.18. The van der Waals surface area contributed by atoms with E-state index in [1.165, 1.54) is 62.5 Å². The molecule has 0 amide bonds. The van der Waals surface area contributed by atoms with Crippen molar-refractivity contribution in [1.82, 2.24) is 0 Å². The molecule has 0 heteroatoms. The average molecular weight is 303 g/mol. The molecule has 0 aromatic heterocycles. The fraction of sp³-hybridized carbons (Fsp3) is 0.727. The summed E-state index contributed by atoms with van der Waals surface area (Å²) in [7, 11) is 0. The Morgan fingerprint density at radius 2 is 1.50 bits per heavy atom. The molecule has 0 spiro atoms. The molecule has 0 saturated heterocycles. The Hall–Kier alpha value is -0.960. The van der Waals surface area contributed by atoms with Gasteiger partial charge in [0.1, 0.15) is 0 Å². The van der Waals surface area contributed by atoms with Crippen LogP contribution in [0.3, 0.4) is 0 Å². The highest BCUT2D eigenvalue weighted by Crippen LogP contribution is 2.21. The predicted octanol–water partition coefficient (Wildman–Crippen LogP) is 7.32. The zero-order valence-electron chi connectivity index (χ0n) is 15.8. The first-order valence-corrected chi connectivity index (χ1v) is 9.18. The normalized spacial score (nSPS) is 14.3. The Balaban J connectivity index is 3.63. The molecule has 22 heavy (non-hydrogen) atoms. The lowest BCUT2D eigenvalue weighted by molar-refractivity contribution is 0.406. The Morgan fingerprint density at radius 3 is 2.09 bits per heavy atom. The van der Waals surface area contributed by atoms with Gasteiger partial charge in [-0.05, 0) is 58.3 Å². The summed E-state index contributed by atoms with van der Waals surface area (Å²) in [6.45, 7) is 11.4. The summed E-state index contributed by atoms with van der Waals surface area (Å²) in [5, 5.41) is 0. The third kappa shape index (κ3) is 14.0. The lowest BCUT2D eigenvalue weighted by atomic mass is 9.92. The van der Waals surface area contributed by atoms with Crippen molar-refractivity contribution in [3.63, 3.8) is 0 Å².